The van der Waals surface area contributed by atoms with Gasteiger partial charge in [0.25, 0.3) is 0 Å². The molecule has 0 aliphatic heterocycles. The Morgan fingerprint density at radius 1 is 1.60 bits per heavy atom. The second-order valence-electron chi connectivity index (χ2n) is 2.93. The summed E-state index contributed by atoms with van der Waals surface area (Å²) < 4.78 is 0. The fraction of sp³-hybridized carbons (Fsp3) is 0.857. The zero-order valence-electron chi connectivity index (χ0n) is 7.10. The Morgan fingerprint density at radius 3 is 2.20 bits per heavy atom. The summed E-state index contributed by atoms with van der Waals surface area (Å²) in [6.07, 6.45) is 0. The summed E-state index contributed by atoms with van der Waals surface area (Å²) in [6, 6.07) is 2.21. The Kier molecular flexibility index (Phi) is 3.34. The first-order valence-electron chi connectivity index (χ1n) is 3.29. The second kappa shape index (κ2) is 3.55. The van der Waals surface area contributed by atoms with Crippen LogP contribution in [0.25, 0.3) is 0 Å². The summed E-state index contributed by atoms with van der Waals surface area (Å²) in [6.45, 7) is 2.62. The van der Waals surface area contributed by atoms with Gasteiger partial charge in [0.15, 0.2) is 0 Å². The van der Waals surface area contributed by atoms with E-state index in [9.17, 15) is 0 Å². The lowest BCUT2D eigenvalue weighted by atomic mass is 10.1. The molecule has 0 rings (SSSR count). The van der Waals surface area contributed by atoms with Crippen LogP contribution in [0.2, 0.25) is 0 Å². The van der Waals surface area contributed by atoms with Gasteiger partial charge in [-0.15, -0.1) is 0 Å². The number of hydrogen-bond acceptors (Lipinski definition) is 3. The van der Waals surface area contributed by atoms with Crippen LogP contribution in [0, 0.1) is 11.3 Å². The van der Waals surface area contributed by atoms with Crippen LogP contribution in [-0.4, -0.2) is 38.1 Å². The molecule has 1 unspecified atom stereocenters. The molecule has 0 aliphatic rings. The van der Waals surface area contributed by atoms with Crippen LogP contribution < -0.4 is 5.32 Å². The third-order valence-corrected chi connectivity index (χ3v) is 1.43. The summed E-state index contributed by atoms with van der Waals surface area (Å²) in [5.74, 6) is 0. The van der Waals surface area contributed by atoms with Gasteiger partial charge in [-0.05, 0) is 28.1 Å². The zero-order valence-corrected chi connectivity index (χ0v) is 7.10. The van der Waals surface area contributed by atoms with Crippen LogP contribution in [0.1, 0.15) is 6.92 Å². The quantitative estimate of drug-likeness (QED) is 0.603. The van der Waals surface area contributed by atoms with E-state index in [0.717, 1.165) is 6.54 Å². The van der Waals surface area contributed by atoms with Crippen LogP contribution in [0.4, 0.5) is 0 Å². The predicted molar refractivity (Wildman–Crippen MR) is 41.6 cm³/mol. The summed E-state index contributed by atoms with van der Waals surface area (Å²) >= 11 is 0. The SMILES string of the molecule is CNC(C)(C#N)CN(C)C. The molecule has 1 atom stereocenters. The number of nitrogens with one attached hydrogen (secondary N) is 1. The molecular formula is C7H15N3. The van der Waals surface area contributed by atoms with Crippen molar-refractivity contribution in [2.45, 2.75) is 12.5 Å². The number of rotatable bonds is 3. The highest BCUT2D eigenvalue weighted by molar-refractivity contribution is 5.04. The number of hydrogen-bond donors (Lipinski definition) is 1. The average molecular weight is 141 g/mol. The summed E-state index contributed by atoms with van der Waals surface area (Å²) in [5.41, 5.74) is -0.413. The molecule has 0 heterocycles. The lowest BCUT2D eigenvalue weighted by molar-refractivity contribution is 0.313. The van der Waals surface area contributed by atoms with Crippen molar-refractivity contribution < 1.29 is 0 Å². The lowest BCUT2D eigenvalue weighted by Crippen LogP contribution is -2.46. The summed E-state index contributed by atoms with van der Waals surface area (Å²) in [5, 5.41) is 11.7. The molecule has 0 bridgehead atoms. The van der Waals surface area contributed by atoms with Gasteiger partial charge in [-0.1, -0.05) is 0 Å². The Balaban J connectivity index is 3.97. The largest absolute Gasteiger partial charge is 0.307 e. The van der Waals surface area contributed by atoms with Gasteiger partial charge in [-0.3, -0.25) is 0 Å². The van der Waals surface area contributed by atoms with Crippen molar-refractivity contribution in [3.63, 3.8) is 0 Å². The average Bonchev–Trinajstić information content (AvgIpc) is 1.87. The van der Waals surface area contributed by atoms with Gasteiger partial charge >= 0.3 is 0 Å². The van der Waals surface area contributed by atoms with Gasteiger partial charge in [0.1, 0.15) is 5.54 Å². The third kappa shape index (κ3) is 2.81. The first-order valence-corrected chi connectivity index (χ1v) is 3.29. The van der Waals surface area contributed by atoms with Crippen molar-refractivity contribution in [1.82, 2.24) is 10.2 Å². The highest BCUT2D eigenvalue weighted by atomic mass is 15.1. The first-order chi connectivity index (χ1) is 4.54. The normalized spacial score (nSPS) is 16.4. The van der Waals surface area contributed by atoms with Crippen molar-refractivity contribution in [3.05, 3.63) is 0 Å². The molecule has 3 nitrogen and oxygen atoms in total. The minimum absolute atomic E-state index is 0.413. The standard InChI is InChI=1S/C7H15N3/c1-7(5-8,9-2)6-10(3)4/h9H,6H2,1-4H3. The molecule has 0 aliphatic carbocycles. The van der Waals surface area contributed by atoms with E-state index >= 15 is 0 Å². The van der Waals surface area contributed by atoms with Crippen LogP contribution in [0.5, 0.6) is 0 Å². The van der Waals surface area contributed by atoms with Gasteiger partial charge in [0, 0.05) is 6.54 Å². The number of nitrogens with zero attached hydrogens (tertiary/aromatic N) is 2. The minimum atomic E-state index is -0.413. The number of likely N-dealkylation sites (N-methyl/N-ethyl adjacent to an activating group) is 2. The topological polar surface area (TPSA) is 39.1 Å². The van der Waals surface area contributed by atoms with E-state index in [-0.39, 0.29) is 0 Å². The highest BCUT2D eigenvalue weighted by Gasteiger charge is 2.21. The highest BCUT2D eigenvalue weighted by Crippen LogP contribution is 2.00. The van der Waals surface area contributed by atoms with Crippen molar-refractivity contribution in [2.24, 2.45) is 0 Å². The molecule has 3 heteroatoms. The maximum atomic E-state index is 8.70. The van der Waals surface area contributed by atoms with E-state index in [0.29, 0.717) is 0 Å². The maximum Gasteiger partial charge on any atom is 0.116 e. The predicted octanol–water partition coefficient (Wildman–Crippen LogP) is 0.0497. The van der Waals surface area contributed by atoms with E-state index < -0.39 is 5.54 Å². The Hall–Kier alpha value is -0.590. The molecule has 0 amide bonds. The van der Waals surface area contributed by atoms with Gasteiger partial charge in [0.05, 0.1) is 6.07 Å². The first kappa shape index (κ1) is 9.41. The fourth-order valence-electron chi connectivity index (χ4n) is 0.803. The third-order valence-electron chi connectivity index (χ3n) is 1.43. The van der Waals surface area contributed by atoms with Crippen LogP contribution in [-0.2, 0) is 0 Å². The van der Waals surface area contributed by atoms with Gasteiger partial charge in [0.2, 0.25) is 0 Å². The summed E-state index contributed by atoms with van der Waals surface area (Å²) in [7, 11) is 5.70. The van der Waals surface area contributed by atoms with E-state index in [1.54, 1.807) is 7.05 Å². The maximum absolute atomic E-state index is 8.70. The van der Waals surface area contributed by atoms with Crippen LogP contribution in [0.15, 0.2) is 0 Å². The van der Waals surface area contributed by atoms with E-state index in [1.165, 1.54) is 0 Å². The van der Waals surface area contributed by atoms with Crippen molar-refractivity contribution in [2.75, 3.05) is 27.7 Å². The Labute approximate surface area is 62.6 Å². The molecule has 0 spiro atoms. The van der Waals surface area contributed by atoms with E-state index in [1.807, 2.05) is 25.9 Å². The molecule has 0 fully saturated rings. The monoisotopic (exact) mass is 141 g/mol. The van der Waals surface area contributed by atoms with E-state index in [4.69, 9.17) is 5.26 Å². The zero-order chi connectivity index (χ0) is 8.20. The van der Waals surface area contributed by atoms with E-state index in [2.05, 4.69) is 11.4 Å². The van der Waals surface area contributed by atoms with Crippen LogP contribution >= 0.6 is 0 Å². The summed E-state index contributed by atoms with van der Waals surface area (Å²) in [4.78, 5) is 1.99. The smallest absolute Gasteiger partial charge is 0.116 e. The van der Waals surface area contributed by atoms with Crippen molar-refractivity contribution in [1.29, 1.82) is 5.26 Å². The molecule has 58 valence electrons. The lowest BCUT2D eigenvalue weighted by Gasteiger charge is -2.24. The molecule has 0 saturated carbocycles. The molecule has 0 radical (unpaired) electrons. The fourth-order valence-corrected chi connectivity index (χ4v) is 0.803. The van der Waals surface area contributed by atoms with Crippen molar-refractivity contribution in [3.8, 4) is 6.07 Å². The van der Waals surface area contributed by atoms with Crippen LogP contribution in [0.3, 0.4) is 0 Å². The second-order valence-corrected chi connectivity index (χ2v) is 2.93. The minimum Gasteiger partial charge on any atom is -0.307 e. The molecular weight excluding hydrogens is 126 g/mol. The molecule has 10 heavy (non-hydrogen) atoms. The van der Waals surface area contributed by atoms with Gasteiger partial charge < -0.3 is 10.2 Å². The van der Waals surface area contributed by atoms with Gasteiger partial charge in [-0.25, -0.2) is 0 Å². The Morgan fingerprint density at radius 2 is 2.10 bits per heavy atom. The molecule has 0 aromatic heterocycles. The van der Waals surface area contributed by atoms with Gasteiger partial charge in [-0.2, -0.15) is 5.26 Å². The molecule has 1 N–H and O–H groups in total. The molecule has 0 aromatic rings. The Bertz CT molecular complexity index is 136. The number of nitriles is 1. The molecule has 0 aromatic carbocycles. The molecule has 0 saturated heterocycles. The van der Waals surface area contributed by atoms with Crippen molar-refractivity contribution >= 4 is 0 Å².